The van der Waals surface area contributed by atoms with Crippen LogP contribution in [0.25, 0.3) is 0 Å². The molecule has 1 fully saturated rings. The summed E-state index contributed by atoms with van der Waals surface area (Å²) in [7, 11) is 0. The first kappa shape index (κ1) is 16.9. The van der Waals surface area contributed by atoms with Crippen LogP contribution in [0.15, 0.2) is 24.3 Å². The van der Waals surface area contributed by atoms with Crippen LogP contribution in [0.3, 0.4) is 0 Å². The molecular weight excluding hydrogens is 320 g/mol. The number of nitrogens with zero attached hydrogens (tertiary/aromatic N) is 2. The Hall–Kier alpha value is -2.96. The number of imide groups is 1. The molecule has 7 nitrogen and oxygen atoms in total. The molecule has 130 valence electrons. The van der Waals surface area contributed by atoms with Gasteiger partial charge in [0.15, 0.2) is 5.69 Å². The van der Waals surface area contributed by atoms with Gasteiger partial charge in [-0.2, -0.15) is 5.10 Å². The number of benzene rings is 1. The highest BCUT2D eigenvalue weighted by Crippen LogP contribution is 2.28. The summed E-state index contributed by atoms with van der Waals surface area (Å²) in [5.41, 5.74) is 3.09. The molecule has 0 saturated carbocycles. The summed E-state index contributed by atoms with van der Waals surface area (Å²) in [6.45, 7) is 5.83. The van der Waals surface area contributed by atoms with Crippen molar-refractivity contribution in [2.24, 2.45) is 0 Å². The maximum Gasteiger partial charge on any atom is 0.276 e. The van der Waals surface area contributed by atoms with E-state index < -0.39 is 0 Å². The van der Waals surface area contributed by atoms with E-state index in [2.05, 4.69) is 15.5 Å². The van der Waals surface area contributed by atoms with E-state index in [0.29, 0.717) is 17.1 Å². The van der Waals surface area contributed by atoms with Gasteiger partial charge in [-0.3, -0.25) is 24.4 Å². The minimum Gasteiger partial charge on any atom is -0.321 e. The van der Waals surface area contributed by atoms with Gasteiger partial charge in [-0.05, 0) is 42.7 Å². The van der Waals surface area contributed by atoms with Crippen molar-refractivity contribution in [2.75, 3.05) is 10.2 Å². The van der Waals surface area contributed by atoms with E-state index in [4.69, 9.17) is 0 Å². The van der Waals surface area contributed by atoms with E-state index >= 15 is 0 Å². The molecule has 2 heterocycles. The lowest BCUT2D eigenvalue weighted by atomic mass is 10.1. The number of hydrogen-bond acceptors (Lipinski definition) is 4. The summed E-state index contributed by atoms with van der Waals surface area (Å²) < 4.78 is 0. The Labute approximate surface area is 145 Å². The largest absolute Gasteiger partial charge is 0.321 e. The zero-order valence-corrected chi connectivity index (χ0v) is 14.4. The number of aromatic amines is 1. The molecule has 1 aromatic carbocycles. The predicted octanol–water partition coefficient (Wildman–Crippen LogP) is 2.75. The Balaban J connectivity index is 1.77. The number of H-pyrrole nitrogens is 1. The third-order valence-electron chi connectivity index (χ3n) is 4.20. The van der Waals surface area contributed by atoms with Crippen molar-refractivity contribution < 1.29 is 14.4 Å². The Kier molecular flexibility index (Phi) is 4.39. The molecule has 1 saturated heterocycles. The lowest BCUT2D eigenvalue weighted by molar-refractivity contribution is -0.121. The zero-order chi connectivity index (χ0) is 18.1. The Morgan fingerprint density at radius 3 is 2.44 bits per heavy atom. The first-order valence-electron chi connectivity index (χ1n) is 8.20. The van der Waals surface area contributed by atoms with Crippen molar-refractivity contribution in [2.45, 2.75) is 39.5 Å². The van der Waals surface area contributed by atoms with E-state index in [1.807, 2.05) is 13.8 Å². The summed E-state index contributed by atoms with van der Waals surface area (Å²) >= 11 is 0. The quantitative estimate of drug-likeness (QED) is 0.837. The minimum atomic E-state index is -0.316. The molecule has 7 heteroatoms. The van der Waals surface area contributed by atoms with Gasteiger partial charge in [0.25, 0.3) is 5.91 Å². The van der Waals surface area contributed by atoms with Crippen LogP contribution in [0, 0.1) is 6.92 Å². The second-order valence-electron chi connectivity index (χ2n) is 6.44. The highest BCUT2D eigenvalue weighted by Gasteiger charge is 2.31. The second-order valence-corrected chi connectivity index (χ2v) is 6.44. The SMILES string of the molecule is Cc1cc(NC(=O)c2cc(C(C)C)[nH]n2)ccc1N1C(=O)CCC1=O. The lowest BCUT2D eigenvalue weighted by Crippen LogP contribution is -2.29. The van der Waals surface area contributed by atoms with Crippen molar-refractivity contribution in [1.29, 1.82) is 0 Å². The summed E-state index contributed by atoms with van der Waals surface area (Å²) in [6.07, 6.45) is 0.488. The average molecular weight is 340 g/mol. The number of amides is 3. The number of aromatic nitrogens is 2. The fourth-order valence-corrected chi connectivity index (χ4v) is 2.77. The van der Waals surface area contributed by atoms with Gasteiger partial charge in [0.1, 0.15) is 0 Å². The predicted molar refractivity (Wildman–Crippen MR) is 93.5 cm³/mol. The molecule has 0 spiro atoms. The monoisotopic (exact) mass is 340 g/mol. The highest BCUT2D eigenvalue weighted by molar-refractivity contribution is 6.20. The lowest BCUT2D eigenvalue weighted by Gasteiger charge is -2.17. The molecule has 0 aliphatic carbocycles. The number of nitrogens with one attached hydrogen (secondary N) is 2. The van der Waals surface area contributed by atoms with Gasteiger partial charge in [0, 0.05) is 24.2 Å². The molecule has 3 amide bonds. The van der Waals surface area contributed by atoms with Gasteiger partial charge in [-0.25, -0.2) is 0 Å². The number of aryl methyl sites for hydroxylation is 1. The van der Waals surface area contributed by atoms with Gasteiger partial charge >= 0.3 is 0 Å². The minimum absolute atomic E-state index is 0.192. The molecule has 0 bridgehead atoms. The first-order valence-corrected chi connectivity index (χ1v) is 8.20. The Bertz CT molecular complexity index is 838. The summed E-state index contributed by atoms with van der Waals surface area (Å²) in [5, 5.41) is 9.65. The van der Waals surface area contributed by atoms with E-state index in [0.717, 1.165) is 11.3 Å². The van der Waals surface area contributed by atoms with Crippen LogP contribution in [-0.2, 0) is 9.59 Å². The molecule has 2 N–H and O–H groups in total. The third kappa shape index (κ3) is 3.31. The Morgan fingerprint density at radius 2 is 1.88 bits per heavy atom. The number of carbonyl (C=O) groups excluding carboxylic acids is 3. The van der Waals surface area contributed by atoms with Crippen molar-refractivity contribution in [3.63, 3.8) is 0 Å². The van der Waals surface area contributed by atoms with Crippen molar-refractivity contribution in [3.05, 3.63) is 41.2 Å². The fraction of sp³-hybridized carbons (Fsp3) is 0.333. The standard InChI is InChI=1S/C18H20N4O3/c1-10(2)13-9-14(21-20-13)18(25)19-12-4-5-15(11(3)8-12)22-16(23)6-7-17(22)24/h4-5,8-10H,6-7H2,1-3H3,(H,19,25)(H,20,21). The van der Waals surface area contributed by atoms with Crippen molar-refractivity contribution in [1.82, 2.24) is 10.2 Å². The number of rotatable bonds is 4. The molecular formula is C18H20N4O3. The van der Waals surface area contributed by atoms with Crippen LogP contribution >= 0.6 is 0 Å². The van der Waals surface area contributed by atoms with Crippen LogP contribution in [0.4, 0.5) is 11.4 Å². The van der Waals surface area contributed by atoms with Gasteiger partial charge < -0.3 is 5.32 Å². The van der Waals surface area contributed by atoms with Crippen molar-refractivity contribution >= 4 is 29.1 Å². The molecule has 0 unspecified atom stereocenters. The van der Waals surface area contributed by atoms with Crippen LogP contribution < -0.4 is 10.2 Å². The molecule has 0 atom stereocenters. The molecule has 25 heavy (non-hydrogen) atoms. The summed E-state index contributed by atoms with van der Waals surface area (Å²) in [6, 6.07) is 6.82. The van der Waals surface area contributed by atoms with Gasteiger partial charge in [0.05, 0.1) is 5.69 Å². The summed E-state index contributed by atoms with van der Waals surface area (Å²) in [5.74, 6) is -0.444. The maximum absolute atomic E-state index is 12.3. The normalized spacial score (nSPS) is 14.5. The first-order chi connectivity index (χ1) is 11.9. The molecule has 3 rings (SSSR count). The third-order valence-corrected chi connectivity index (χ3v) is 4.20. The number of hydrogen-bond donors (Lipinski definition) is 2. The van der Waals surface area contributed by atoms with Crippen LogP contribution in [0.1, 0.15) is 54.4 Å². The van der Waals surface area contributed by atoms with Crippen LogP contribution in [0.2, 0.25) is 0 Å². The zero-order valence-electron chi connectivity index (χ0n) is 14.4. The molecule has 2 aromatic rings. The van der Waals surface area contributed by atoms with Gasteiger partial charge in [-0.1, -0.05) is 13.8 Å². The number of carbonyl (C=O) groups is 3. The van der Waals surface area contributed by atoms with Crippen LogP contribution in [0.5, 0.6) is 0 Å². The molecule has 1 aromatic heterocycles. The van der Waals surface area contributed by atoms with Crippen molar-refractivity contribution in [3.8, 4) is 0 Å². The van der Waals surface area contributed by atoms with E-state index in [-0.39, 0.29) is 36.5 Å². The average Bonchev–Trinajstić information content (AvgIpc) is 3.16. The van der Waals surface area contributed by atoms with E-state index in [1.165, 1.54) is 4.90 Å². The number of anilines is 2. The fourth-order valence-electron chi connectivity index (χ4n) is 2.77. The van der Waals surface area contributed by atoms with E-state index in [1.54, 1.807) is 31.2 Å². The summed E-state index contributed by atoms with van der Waals surface area (Å²) in [4.78, 5) is 37.2. The molecule has 1 aliphatic heterocycles. The topological polar surface area (TPSA) is 95.2 Å². The van der Waals surface area contributed by atoms with Gasteiger partial charge in [-0.15, -0.1) is 0 Å². The second kappa shape index (κ2) is 6.51. The van der Waals surface area contributed by atoms with Crippen LogP contribution in [-0.4, -0.2) is 27.9 Å². The molecule has 1 aliphatic rings. The smallest absolute Gasteiger partial charge is 0.276 e. The highest BCUT2D eigenvalue weighted by atomic mass is 16.2. The maximum atomic E-state index is 12.3. The molecule has 0 radical (unpaired) electrons. The van der Waals surface area contributed by atoms with Gasteiger partial charge in [0.2, 0.25) is 11.8 Å². The Morgan fingerprint density at radius 1 is 1.20 bits per heavy atom. The van der Waals surface area contributed by atoms with E-state index in [9.17, 15) is 14.4 Å².